The molecule has 0 atom stereocenters. The topological polar surface area (TPSA) is 17.8 Å². The monoisotopic (exact) mass is 598 g/mol. The molecule has 0 fully saturated rings. The zero-order chi connectivity index (χ0) is 31.3. The zero-order valence-electron chi connectivity index (χ0n) is 25.8. The molecule has 220 valence electrons. The van der Waals surface area contributed by atoms with Gasteiger partial charge in [0.25, 0.3) is 0 Å². The summed E-state index contributed by atoms with van der Waals surface area (Å²) in [4.78, 5) is 5.22. The highest BCUT2D eigenvalue weighted by Gasteiger charge is 2.19. The first-order valence-electron chi connectivity index (χ1n) is 16.0. The Bertz CT molecular complexity index is 2590. The van der Waals surface area contributed by atoms with Crippen molar-refractivity contribution >= 4 is 49.4 Å². The molecule has 0 unspecified atom stereocenters. The van der Waals surface area contributed by atoms with Gasteiger partial charge in [0.2, 0.25) is 0 Å². The molecular weight excluding hydrogens is 569 g/mol. The number of nitrogens with zero attached hydrogens (tertiary/aromatic N) is 2. The van der Waals surface area contributed by atoms with E-state index >= 15 is 0 Å². The first kappa shape index (κ1) is 27.1. The fourth-order valence-electron chi connectivity index (χ4n) is 7.17. The van der Waals surface area contributed by atoms with E-state index in [0.717, 1.165) is 33.7 Å². The molecular formula is C45H30N2. The molecule has 0 aliphatic carbocycles. The molecule has 0 spiro atoms. The molecule has 0 aliphatic rings. The summed E-state index contributed by atoms with van der Waals surface area (Å²) >= 11 is 0. The van der Waals surface area contributed by atoms with Crippen LogP contribution in [0.3, 0.4) is 0 Å². The molecule has 0 N–H and O–H groups in total. The normalized spacial score (nSPS) is 11.5. The van der Waals surface area contributed by atoms with Gasteiger partial charge in [-0.25, -0.2) is 4.98 Å². The summed E-state index contributed by atoms with van der Waals surface area (Å²) in [7, 11) is 0. The lowest BCUT2D eigenvalue weighted by atomic mass is 9.85. The largest absolute Gasteiger partial charge is 0.292 e. The van der Waals surface area contributed by atoms with Crippen LogP contribution in [0.25, 0.3) is 88.8 Å². The van der Waals surface area contributed by atoms with Crippen molar-refractivity contribution in [2.24, 2.45) is 0 Å². The molecule has 0 bridgehead atoms. The third-order valence-corrected chi connectivity index (χ3v) is 9.31. The van der Waals surface area contributed by atoms with E-state index in [1.54, 1.807) is 0 Å². The van der Waals surface area contributed by atoms with Crippen LogP contribution in [0.1, 0.15) is 5.56 Å². The molecule has 0 saturated heterocycles. The second kappa shape index (κ2) is 11.0. The van der Waals surface area contributed by atoms with E-state index in [1.165, 1.54) is 54.6 Å². The van der Waals surface area contributed by atoms with Crippen molar-refractivity contribution in [2.75, 3.05) is 0 Å². The summed E-state index contributed by atoms with van der Waals surface area (Å²) in [5.41, 5.74) is 10.1. The maximum absolute atomic E-state index is 5.22. The zero-order valence-corrected chi connectivity index (χ0v) is 25.8. The molecule has 9 aromatic rings. The lowest BCUT2D eigenvalue weighted by molar-refractivity contribution is 1.10. The Morgan fingerprint density at radius 1 is 0.468 bits per heavy atom. The Labute approximate surface area is 273 Å². The number of para-hydroxylation sites is 1. The fraction of sp³-hybridized carbons (Fsp3) is 0. The van der Waals surface area contributed by atoms with Gasteiger partial charge in [0.05, 0.1) is 11.0 Å². The SMILES string of the molecule is C=Cc1ccc2c(c1)nc(-c1cccc(-c3c4ccccc4c(-c4ccc5ccccc5c4)c4ccccc34)c1)n2-c1ccccc1. The quantitative estimate of drug-likeness (QED) is 0.180. The highest BCUT2D eigenvalue weighted by molar-refractivity contribution is 6.21. The number of imidazole rings is 1. The molecule has 1 aromatic heterocycles. The van der Waals surface area contributed by atoms with Crippen LogP contribution in [0.15, 0.2) is 170 Å². The predicted octanol–water partition coefficient (Wildman–Crippen LogP) is 12.1. The summed E-state index contributed by atoms with van der Waals surface area (Å²) in [5, 5.41) is 7.46. The number of hydrogen-bond donors (Lipinski definition) is 0. The molecule has 8 aromatic carbocycles. The second-order valence-corrected chi connectivity index (χ2v) is 12.0. The van der Waals surface area contributed by atoms with Crippen molar-refractivity contribution in [3.8, 4) is 39.3 Å². The Morgan fingerprint density at radius 2 is 1.06 bits per heavy atom. The standard InChI is InChI=1S/C45H30N2/c1-2-30-23-26-42-41(27-30)46-45(47(42)36-17-4-3-5-18-36)35-16-12-15-33(29-35)43-37-19-8-10-21-39(37)44(40-22-11-9-20-38(40)43)34-25-24-31-13-6-7-14-32(31)28-34/h2-29H,1H2. The average Bonchev–Trinajstić information content (AvgIpc) is 3.53. The second-order valence-electron chi connectivity index (χ2n) is 12.0. The van der Waals surface area contributed by atoms with Crippen molar-refractivity contribution in [3.63, 3.8) is 0 Å². The minimum absolute atomic E-state index is 0.913. The lowest BCUT2D eigenvalue weighted by Crippen LogP contribution is -1.97. The van der Waals surface area contributed by atoms with Crippen molar-refractivity contribution in [1.82, 2.24) is 9.55 Å². The van der Waals surface area contributed by atoms with Gasteiger partial charge in [0, 0.05) is 11.3 Å². The van der Waals surface area contributed by atoms with E-state index in [0.29, 0.717) is 0 Å². The first-order valence-corrected chi connectivity index (χ1v) is 16.0. The van der Waals surface area contributed by atoms with Crippen molar-refractivity contribution in [2.45, 2.75) is 0 Å². The van der Waals surface area contributed by atoms with Gasteiger partial charge >= 0.3 is 0 Å². The minimum atomic E-state index is 0.913. The van der Waals surface area contributed by atoms with Crippen LogP contribution < -0.4 is 0 Å². The van der Waals surface area contributed by atoms with E-state index in [4.69, 9.17) is 4.98 Å². The number of fused-ring (bicyclic) bond motifs is 4. The van der Waals surface area contributed by atoms with Gasteiger partial charge in [0.15, 0.2) is 0 Å². The predicted molar refractivity (Wildman–Crippen MR) is 200 cm³/mol. The van der Waals surface area contributed by atoms with Crippen molar-refractivity contribution in [3.05, 3.63) is 176 Å². The van der Waals surface area contributed by atoms with E-state index in [-0.39, 0.29) is 0 Å². The number of rotatable bonds is 5. The summed E-state index contributed by atoms with van der Waals surface area (Å²) < 4.78 is 2.26. The molecule has 0 aliphatic heterocycles. The number of hydrogen-bond acceptors (Lipinski definition) is 1. The van der Waals surface area contributed by atoms with Crippen molar-refractivity contribution < 1.29 is 0 Å². The maximum atomic E-state index is 5.22. The van der Waals surface area contributed by atoms with Crippen LogP contribution in [-0.2, 0) is 0 Å². The average molecular weight is 599 g/mol. The Balaban J connectivity index is 1.30. The van der Waals surface area contributed by atoms with E-state index in [9.17, 15) is 0 Å². The highest BCUT2D eigenvalue weighted by Crippen LogP contribution is 2.44. The molecule has 9 rings (SSSR count). The minimum Gasteiger partial charge on any atom is -0.292 e. The van der Waals surface area contributed by atoms with Crippen LogP contribution in [0, 0.1) is 0 Å². The third-order valence-electron chi connectivity index (χ3n) is 9.31. The fourth-order valence-corrected chi connectivity index (χ4v) is 7.17. The highest BCUT2D eigenvalue weighted by atomic mass is 15.1. The molecule has 1 heterocycles. The lowest BCUT2D eigenvalue weighted by Gasteiger charge is -2.18. The van der Waals surface area contributed by atoms with E-state index in [1.807, 2.05) is 6.08 Å². The Morgan fingerprint density at radius 3 is 1.74 bits per heavy atom. The van der Waals surface area contributed by atoms with Crippen LogP contribution >= 0.6 is 0 Å². The van der Waals surface area contributed by atoms with Crippen molar-refractivity contribution in [1.29, 1.82) is 0 Å². The molecule has 2 nitrogen and oxygen atoms in total. The van der Waals surface area contributed by atoms with Gasteiger partial charge in [-0.2, -0.15) is 0 Å². The molecule has 2 heteroatoms. The maximum Gasteiger partial charge on any atom is 0.145 e. The Hall–Kier alpha value is -6.25. The number of benzene rings is 8. The van der Waals surface area contributed by atoms with Crippen LogP contribution in [0.2, 0.25) is 0 Å². The first-order chi connectivity index (χ1) is 23.3. The number of aromatic nitrogens is 2. The summed E-state index contributed by atoms with van der Waals surface area (Å²) in [6, 6.07) is 58.8. The summed E-state index contributed by atoms with van der Waals surface area (Å²) in [6.45, 7) is 3.98. The summed E-state index contributed by atoms with van der Waals surface area (Å²) in [6.07, 6.45) is 1.87. The van der Waals surface area contributed by atoms with Crippen LogP contribution in [0.4, 0.5) is 0 Å². The van der Waals surface area contributed by atoms with Gasteiger partial charge in [-0.1, -0.05) is 140 Å². The van der Waals surface area contributed by atoms with Gasteiger partial charge in [-0.3, -0.25) is 4.57 Å². The van der Waals surface area contributed by atoms with Gasteiger partial charge in [-0.15, -0.1) is 0 Å². The van der Waals surface area contributed by atoms with Crippen LogP contribution in [0.5, 0.6) is 0 Å². The molecule has 0 amide bonds. The molecule has 0 radical (unpaired) electrons. The third kappa shape index (κ3) is 4.46. The molecule has 0 saturated carbocycles. The van der Waals surface area contributed by atoms with E-state index < -0.39 is 0 Å². The van der Waals surface area contributed by atoms with Gasteiger partial charge in [0.1, 0.15) is 5.82 Å². The van der Waals surface area contributed by atoms with Gasteiger partial charge < -0.3 is 0 Å². The molecule has 47 heavy (non-hydrogen) atoms. The van der Waals surface area contributed by atoms with E-state index in [2.05, 4.69) is 175 Å². The van der Waals surface area contributed by atoms with Crippen LogP contribution in [-0.4, -0.2) is 9.55 Å². The Kier molecular flexibility index (Phi) is 6.33. The van der Waals surface area contributed by atoms with Gasteiger partial charge in [-0.05, 0) is 96.5 Å². The smallest absolute Gasteiger partial charge is 0.145 e. The summed E-state index contributed by atoms with van der Waals surface area (Å²) in [5.74, 6) is 0.913.